The van der Waals surface area contributed by atoms with Gasteiger partial charge >= 0.3 is 0 Å². The molecule has 1 heterocycles. The molecule has 1 aliphatic rings. The van der Waals surface area contributed by atoms with Gasteiger partial charge in [-0.1, -0.05) is 0 Å². The van der Waals surface area contributed by atoms with E-state index in [1.165, 1.54) is 43.3 Å². The molecule has 0 aromatic heterocycles. The highest BCUT2D eigenvalue weighted by Gasteiger charge is 2.27. The summed E-state index contributed by atoms with van der Waals surface area (Å²) in [5.74, 6) is -0.799. The van der Waals surface area contributed by atoms with E-state index in [9.17, 15) is 22.8 Å². The first-order valence-corrected chi connectivity index (χ1v) is 10.1. The number of hydrogen-bond donors (Lipinski definition) is 2. The number of amides is 3. The van der Waals surface area contributed by atoms with E-state index in [4.69, 9.17) is 0 Å². The first-order chi connectivity index (χ1) is 13.3. The number of piperidine rings is 1. The molecule has 3 rings (SSSR count). The Kier molecular flexibility index (Phi) is 5.46. The van der Waals surface area contributed by atoms with E-state index in [0.29, 0.717) is 36.3 Å². The maximum Gasteiger partial charge on any atom is 0.261 e. The molecule has 0 aliphatic carbocycles. The van der Waals surface area contributed by atoms with Crippen LogP contribution in [0.3, 0.4) is 0 Å². The summed E-state index contributed by atoms with van der Waals surface area (Å²) in [5, 5.41) is 2.60. The number of imide groups is 1. The van der Waals surface area contributed by atoms with Crippen LogP contribution in [-0.2, 0) is 24.4 Å². The second-order valence-corrected chi connectivity index (χ2v) is 8.02. The standard InChI is InChI=1S/C19H19N3O5S/c1-13(23)20-14-5-7-15(8-6-14)21-28(26,27)17-11-9-16(10-12-17)22-18(24)3-2-4-19(22)25/h5-12,21H,2-4H2,1H3,(H,20,23). The Balaban J connectivity index is 1.76. The molecular weight excluding hydrogens is 382 g/mol. The van der Waals surface area contributed by atoms with Crippen LogP contribution < -0.4 is 14.9 Å². The lowest BCUT2D eigenvalue weighted by Gasteiger charge is -2.24. The third-order valence-corrected chi connectivity index (χ3v) is 5.54. The molecular formula is C19H19N3O5S. The Morgan fingerprint density at radius 2 is 1.43 bits per heavy atom. The van der Waals surface area contributed by atoms with Gasteiger partial charge in [0.25, 0.3) is 10.0 Å². The van der Waals surface area contributed by atoms with Crippen molar-refractivity contribution in [2.24, 2.45) is 0 Å². The van der Waals surface area contributed by atoms with Crippen LogP contribution in [0.2, 0.25) is 0 Å². The van der Waals surface area contributed by atoms with Crippen molar-refractivity contribution in [2.45, 2.75) is 31.1 Å². The lowest BCUT2D eigenvalue weighted by molar-refractivity contribution is -0.129. The first-order valence-electron chi connectivity index (χ1n) is 8.62. The second-order valence-electron chi connectivity index (χ2n) is 6.33. The molecule has 0 unspecified atom stereocenters. The van der Waals surface area contributed by atoms with Gasteiger partial charge in [0, 0.05) is 31.1 Å². The summed E-state index contributed by atoms with van der Waals surface area (Å²) >= 11 is 0. The average Bonchev–Trinajstić information content (AvgIpc) is 2.63. The van der Waals surface area contributed by atoms with Gasteiger partial charge in [0.15, 0.2) is 0 Å². The van der Waals surface area contributed by atoms with E-state index in [1.54, 1.807) is 12.1 Å². The fourth-order valence-electron chi connectivity index (χ4n) is 2.85. The summed E-state index contributed by atoms with van der Waals surface area (Å²) in [7, 11) is -3.85. The Labute approximate surface area is 162 Å². The molecule has 28 heavy (non-hydrogen) atoms. The smallest absolute Gasteiger partial charge is 0.261 e. The molecule has 1 fully saturated rings. The van der Waals surface area contributed by atoms with Crippen molar-refractivity contribution in [1.82, 2.24) is 0 Å². The number of sulfonamides is 1. The molecule has 8 nitrogen and oxygen atoms in total. The van der Waals surface area contributed by atoms with Crippen LogP contribution in [0.25, 0.3) is 0 Å². The van der Waals surface area contributed by atoms with E-state index < -0.39 is 10.0 Å². The molecule has 0 saturated carbocycles. The van der Waals surface area contributed by atoms with Gasteiger partial charge < -0.3 is 5.32 Å². The number of anilines is 3. The van der Waals surface area contributed by atoms with Gasteiger partial charge in [-0.05, 0) is 55.0 Å². The SMILES string of the molecule is CC(=O)Nc1ccc(NS(=O)(=O)c2ccc(N3C(=O)CCCC3=O)cc2)cc1. The van der Waals surface area contributed by atoms with Gasteiger partial charge in [-0.3, -0.25) is 24.0 Å². The van der Waals surface area contributed by atoms with Crippen molar-refractivity contribution in [2.75, 3.05) is 14.9 Å². The fourth-order valence-corrected chi connectivity index (χ4v) is 3.91. The zero-order chi connectivity index (χ0) is 20.3. The monoisotopic (exact) mass is 401 g/mol. The molecule has 1 saturated heterocycles. The molecule has 0 bridgehead atoms. The van der Waals surface area contributed by atoms with Gasteiger partial charge in [-0.25, -0.2) is 8.42 Å². The van der Waals surface area contributed by atoms with Crippen LogP contribution in [0.4, 0.5) is 17.1 Å². The number of benzene rings is 2. The van der Waals surface area contributed by atoms with Gasteiger partial charge in [0.2, 0.25) is 17.7 Å². The molecule has 3 amide bonds. The largest absolute Gasteiger partial charge is 0.326 e. The maximum atomic E-state index is 12.6. The van der Waals surface area contributed by atoms with Gasteiger partial charge in [0.05, 0.1) is 10.6 Å². The number of nitrogens with one attached hydrogen (secondary N) is 2. The number of rotatable bonds is 5. The molecule has 0 radical (unpaired) electrons. The average molecular weight is 401 g/mol. The van der Waals surface area contributed by atoms with E-state index >= 15 is 0 Å². The lowest BCUT2D eigenvalue weighted by Crippen LogP contribution is -2.40. The number of nitrogens with zero attached hydrogens (tertiary/aromatic N) is 1. The summed E-state index contributed by atoms with van der Waals surface area (Å²) in [4.78, 5) is 36.1. The van der Waals surface area contributed by atoms with Crippen LogP contribution in [0.5, 0.6) is 0 Å². The Bertz CT molecular complexity index is 999. The van der Waals surface area contributed by atoms with Crippen LogP contribution in [0, 0.1) is 0 Å². The summed E-state index contributed by atoms with van der Waals surface area (Å²) in [6, 6.07) is 11.8. The van der Waals surface area contributed by atoms with Gasteiger partial charge in [-0.2, -0.15) is 0 Å². The summed E-state index contributed by atoms with van der Waals surface area (Å²) in [6.07, 6.45) is 1.12. The third kappa shape index (κ3) is 4.37. The Morgan fingerprint density at radius 3 is 1.96 bits per heavy atom. The quantitative estimate of drug-likeness (QED) is 0.748. The highest BCUT2D eigenvalue weighted by Crippen LogP contribution is 2.25. The van der Waals surface area contributed by atoms with Gasteiger partial charge in [0.1, 0.15) is 0 Å². The number of carbonyl (C=O) groups is 3. The molecule has 1 aliphatic heterocycles. The van der Waals surface area contributed by atoms with E-state index in [2.05, 4.69) is 10.0 Å². The van der Waals surface area contributed by atoms with E-state index in [0.717, 1.165) is 4.90 Å². The minimum atomic E-state index is -3.85. The van der Waals surface area contributed by atoms with Crippen LogP contribution in [0.1, 0.15) is 26.2 Å². The molecule has 2 aromatic rings. The predicted molar refractivity (Wildman–Crippen MR) is 104 cm³/mol. The van der Waals surface area contributed by atoms with Crippen LogP contribution in [-0.4, -0.2) is 26.1 Å². The minimum Gasteiger partial charge on any atom is -0.326 e. The number of hydrogen-bond acceptors (Lipinski definition) is 5. The zero-order valence-electron chi connectivity index (χ0n) is 15.1. The third-order valence-electron chi connectivity index (χ3n) is 4.14. The highest BCUT2D eigenvalue weighted by molar-refractivity contribution is 7.92. The normalized spacial score (nSPS) is 14.7. The van der Waals surface area contributed by atoms with Crippen molar-refractivity contribution in [1.29, 1.82) is 0 Å². The molecule has 0 spiro atoms. The summed E-state index contributed by atoms with van der Waals surface area (Å²) < 4.78 is 27.5. The maximum absolute atomic E-state index is 12.6. The molecule has 146 valence electrons. The predicted octanol–water partition coefficient (Wildman–Crippen LogP) is 2.49. The molecule has 2 N–H and O–H groups in total. The summed E-state index contributed by atoms with van der Waals surface area (Å²) in [6.45, 7) is 1.38. The minimum absolute atomic E-state index is 0.000838. The highest BCUT2D eigenvalue weighted by atomic mass is 32.2. The molecule has 2 aromatic carbocycles. The van der Waals surface area contributed by atoms with Crippen molar-refractivity contribution in [3.8, 4) is 0 Å². The first kappa shape index (κ1) is 19.6. The number of carbonyl (C=O) groups excluding carboxylic acids is 3. The van der Waals surface area contributed by atoms with Crippen LogP contribution >= 0.6 is 0 Å². The zero-order valence-corrected chi connectivity index (χ0v) is 16.0. The molecule has 9 heteroatoms. The van der Waals surface area contributed by atoms with Gasteiger partial charge in [-0.15, -0.1) is 0 Å². The summed E-state index contributed by atoms with van der Waals surface area (Å²) in [5.41, 5.74) is 1.24. The topological polar surface area (TPSA) is 113 Å². The van der Waals surface area contributed by atoms with Crippen LogP contribution in [0.15, 0.2) is 53.4 Å². The Hall–Kier alpha value is -3.20. The fraction of sp³-hybridized carbons (Fsp3) is 0.211. The molecule has 0 atom stereocenters. The Morgan fingerprint density at radius 1 is 0.893 bits per heavy atom. The van der Waals surface area contributed by atoms with E-state index in [-0.39, 0.29) is 22.6 Å². The van der Waals surface area contributed by atoms with Crippen molar-refractivity contribution >= 4 is 44.8 Å². The second kappa shape index (κ2) is 7.81. The van der Waals surface area contributed by atoms with Crippen molar-refractivity contribution < 1.29 is 22.8 Å². The van der Waals surface area contributed by atoms with E-state index in [1.807, 2.05) is 0 Å². The lowest BCUT2D eigenvalue weighted by atomic mass is 10.1. The van der Waals surface area contributed by atoms with Crippen molar-refractivity contribution in [3.05, 3.63) is 48.5 Å². The van der Waals surface area contributed by atoms with Crippen molar-refractivity contribution in [3.63, 3.8) is 0 Å².